The van der Waals surface area contributed by atoms with Crippen LogP contribution >= 0.6 is 0 Å². The predicted octanol–water partition coefficient (Wildman–Crippen LogP) is 14.7. The number of hydrogen-bond acceptors (Lipinski definition) is 6. The van der Waals surface area contributed by atoms with Gasteiger partial charge < -0.3 is 24.8 Å². The van der Waals surface area contributed by atoms with Crippen LogP contribution in [0.2, 0.25) is 0 Å². The number of esters is 1. The summed E-state index contributed by atoms with van der Waals surface area (Å²) in [5, 5.41) is 31.3. The van der Waals surface area contributed by atoms with Gasteiger partial charge in [0.05, 0.1) is 24.4 Å². The van der Waals surface area contributed by atoms with Gasteiger partial charge in [0.2, 0.25) is 0 Å². The van der Waals surface area contributed by atoms with Crippen molar-refractivity contribution >= 4 is 18.1 Å². The molecule has 4 aromatic rings. The average molecular weight is 899 g/mol. The van der Waals surface area contributed by atoms with Crippen LogP contribution in [0.5, 0.6) is 11.5 Å². The third-order valence-corrected chi connectivity index (χ3v) is 15.2. The minimum absolute atomic E-state index is 0.0604. The molecule has 0 radical (unpaired) electrons. The first-order chi connectivity index (χ1) is 31.6. The molecule has 6 heteroatoms. The minimum atomic E-state index is -0.633. The number of hydrogen-bond donors (Lipinski definition) is 3. The van der Waals surface area contributed by atoms with E-state index in [0.717, 1.165) is 113 Å². The Balaban J connectivity index is 0.000000259. The molecule has 0 atom stereocenters. The smallest absolute Gasteiger partial charge is 0.305 e. The zero-order chi connectivity index (χ0) is 48.0. The van der Waals surface area contributed by atoms with Gasteiger partial charge in [-0.15, -0.1) is 0 Å². The molecule has 6 rings (SSSR count). The van der Waals surface area contributed by atoms with E-state index in [0.29, 0.717) is 25.4 Å². The number of ether oxygens (including phenoxy) is 2. The fourth-order valence-corrected chi connectivity index (χ4v) is 10.6. The topological polar surface area (TPSA) is 96.2 Å². The van der Waals surface area contributed by atoms with Crippen LogP contribution < -0.4 is 4.74 Å². The second kappa shape index (κ2) is 23.9. The summed E-state index contributed by atoms with van der Waals surface area (Å²) in [5.41, 5.74) is 10.8. The standard InChI is InChI=1S/C34H48O4.C26H34O2/c1-6-34(7-2,29-16-15-28(26(4)24-29)19-22-33(36)20-11-12-21-33)30-17-18-31(27(5)25-30)38-23-13-9-10-14-32(35)37-8-3;1-5-26(6-2,23-11-12-24(27)20(4)18-23)22-10-9-21(19(3)17-22)13-16-25(28)14-7-8-15-25/h15-19,22,24-25,36H,6-14,20-21,23H2,1-5H3;9-13,16-18,27-28H,5-8,14-15H2,1-4H3/b22-19+;16-13+. The summed E-state index contributed by atoms with van der Waals surface area (Å²) < 4.78 is 11.1. The number of phenolic OH excluding ortho intramolecular Hbond substituents is 1. The number of aryl methyl sites for hydroxylation is 4. The maximum atomic E-state index is 11.5. The third-order valence-electron chi connectivity index (χ3n) is 15.2. The van der Waals surface area contributed by atoms with Gasteiger partial charge in [-0.3, -0.25) is 4.79 Å². The van der Waals surface area contributed by atoms with E-state index in [2.05, 4.69) is 127 Å². The molecule has 0 unspecified atom stereocenters. The molecule has 2 aliphatic rings. The van der Waals surface area contributed by atoms with Crippen molar-refractivity contribution in [2.75, 3.05) is 13.2 Å². The second-order valence-electron chi connectivity index (χ2n) is 19.5. The van der Waals surface area contributed by atoms with Crippen molar-refractivity contribution in [3.8, 4) is 11.5 Å². The summed E-state index contributed by atoms with van der Waals surface area (Å²) in [7, 11) is 0. The zero-order valence-electron chi connectivity index (χ0n) is 42.0. The van der Waals surface area contributed by atoms with Crippen molar-refractivity contribution in [1.82, 2.24) is 0 Å². The van der Waals surface area contributed by atoms with Crippen molar-refractivity contribution in [2.45, 2.75) is 187 Å². The fraction of sp³-hybridized carbons (Fsp3) is 0.517. The Labute approximate surface area is 398 Å². The van der Waals surface area contributed by atoms with Gasteiger partial charge in [-0.05, 0) is 173 Å². The molecule has 2 aliphatic carbocycles. The number of aliphatic hydroxyl groups is 2. The van der Waals surface area contributed by atoms with Crippen LogP contribution in [-0.2, 0) is 20.4 Å². The molecule has 2 fully saturated rings. The molecule has 3 N–H and O–H groups in total. The van der Waals surface area contributed by atoms with Gasteiger partial charge in [0, 0.05) is 17.3 Å². The van der Waals surface area contributed by atoms with Crippen molar-refractivity contribution in [1.29, 1.82) is 0 Å². The van der Waals surface area contributed by atoms with Crippen LogP contribution in [-0.4, -0.2) is 45.7 Å². The van der Waals surface area contributed by atoms with Crippen molar-refractivity contribution in [2.24, 2.45) is 0 Å². The monoisotopic (exact) mass is 899 g/mol. The Kier molecular flexibility index (Phi) is 18.9. The molecular formula is C60H82O6. The largest absolute Gasteiger partial charge is 0.508 e. The van der Waals surface area contributed by atoms with Gasteiger partial charge in [-0.2, -0.15) is 0 Å². The lowest BCUT2D eigenvalue weighted by molar-refractivity contribution is -0.143. The van der Waals surface area contributed by atoms with Gasteiger partial charge in [0.1, 0.15) is 11.5 Å². The van der Waals surface area contributed by atoms with Crippen LogP contribution in [0, 0.1) is 27.7 Å². The Morgan fingerprint density at radius 3 is 1.41 bits per heavy atom. The molecule has 66 heavy (non-hydrogen) atoms. The maximum absolute atomic E-state index is 11.5. The lowest BCUT2D eigenvalue weighted by atomic mass is 9.70. The highest BCUT2D eigenvalue weighted by Gasteiger charge is 2.34. The molecular weight excluding hydrogens is 817 g/mol. The zero-order valence-corrected chi connectivity index (χ0v) is 42.0. The fourth-order valence-electron chi connectivity index (χ4n) is 10.6. The van der Waals surface area contributed by atoms with Gasteiger partial charge in [0.25, 0.3) is 0 Å². The molecule has 0 spiro atoms. The van der Waals surface area contributed by atoms with E-state index >= 15 is 0 Å². The Hall–Kier alpha value is -4.65. The highest BCUT2D eigenvalue weighted by atomic mass is 16.5. The van der Waals surface area contributed by atoms with E-state index in [1.54, 1.807) is 0 Å². The Morgan fingerprint density at radius 2 is 1.00 bits per heavy atom. The lowest BCUT2D eigenvalue weighted by Crippen LogP contribution is -2.26. The van der Waals surface area contributed by atoms with Crippen LogP contribution in [0.4, 0.5) is 0 Å². The van der Waals surface area contributed by atoms with Crippen LogP contribution in [0.1, 0.15) is 193 Å². The average Bonchev–Trinajstić information content (AvgIpc) is 3.95. The number of benzene rings is 4. The normalized spacial score (nSPS) is 15.9. The maximum Gasteiger partial charge on any atom is 0.305 e. The molecule has 0 bridgehead atoms. The summed E-state index contributed by atoms with van der Waals surface area (Å²) in [6.45, 7) is 20.4. The van der Waals surface area contributed by atoms with E-state index < -0.39 is 11.2 Å². The predicted molar refractivity (Wildman–Crippen MR) is 275 cm³/mol. The van der Waals surface area contributed by atoms with Crippen molar-refractivity contribution < 1.29 is 29.6 Å². The number of phenols is 1. The number of unbranched alkanes of at least 4 members (excludes halogenated alkanes) is 2. The van der Waals surface area contributed by atoms with E-state index in [-0.39, 0.29) is 16.8 Å². The molecule has 2 saturated carbocycles. The summed E-state index contributed by atoms with van der Waals surface area (Å²) >= 11 is 0. The second-order valence-corrected chi connectivity index (χ2v) is 19.5. The van der Waals surface area contributed by atoms with Gasteiger partial charge in [-0.1, -0.05) is 138 Å². The van der Waals surface area contributed by atoms with Gasteiger partial charge >= 0.3 is 5.97 Å². The van der Waals surface area contributed by atoms with E-state index in [9.17, 15) is 20.1 Å². The van der Waals surface area contributed by atoms with Gasteiger partial charge in [0.15, 0.2) is 0 Å². The van der Waals surface area contributed by atoms with Crippen molar-refractivity contribution in [3.63, 3.8) is 0 Å². The molecule has 0 aromatic heterocycles. The first kappa shape index (κ1) is 52.3. The molecule has 0 aliphatic heterocycles. The Morgan fingerprint density at radius 1 is 0.576 bits per heavy atom. The highest BCUT2D eigenvalue weighted by molar-refractivity contribution is 5.69. The van der Waals surface area contributed by atoms with Crippen LogP contribution in [0.3, 0.4) is 0 Å². The molecule has 6 nitrogen and oxygen atoms in total. The van der Waals surface area contributed by atoms with E-state index in [1.807, 2.05) is 32.1 Å². The molecule has 4 aromatic carbocycles. The van der Waals surface area contributed by atoms with E-state index in [1.165, 1.54) is 44.5 Å². The molecule has 0 saturated heterocycles. The number of carbonyl (C=O) groups excluding carboxylic acids is 1. The lowest BCUT2D eigenvalue weighted by Gasteiger charge is -2.34. The first-order valence-electron chi connectivity index (χ1n) is 25.4. The quantitative estimate of drug-likeness (QED) is 0.0604. The summed E-state index contributed by atoms with van der Waals surface area (Å²) in [5.74, 6) is 1.17. The van der Waals surface area contributed by atoms with Crippen molar-refractivity contribution in [3.05, 3.63) is 141 Å². The summed E-state index contributed by atoms with van der Waals surface area (Å²) in [6.07, 6.45) is 23.3. The Bertz CT molecular complexity index is 2240. The molecule has 0 amide bonds. The van der Waals surface area contributed by atoms with Gasteiger partial charge in [-0.25, -0.2) is 0 Å². The summed E-state index contributed by atoms with van der Waals surface area (Å²) in [4.78, 5) is 11.5. The number of aromatic hydroxyl groups is 1. The number of carbonyl (C=O) groups is 1. The minimum Gasteiger partial charge on any atom is -0.508 e. The third kappa shape index (κ3) is 12.9. The SMILES string of the molecule is CCC(CC)(c1ccc(O)c(C)c1)c1ccc(/C=C/C2(O)CCCC2)c(C)c1.CCOC(=O)CCCCCOc1ccc(C(CC)(CC)c2ccc(/C=C/C3(O)CCCC3)c(C)c2)cc1C. The summed E-state index contributed by atoms with van der Waals surface area (Å²) in [6, 6.07) is 26.2. The highest BCUT2D eigenvalue weighted by Crippen LogP contribution is 2.43. The first-order valence-corrected chi connectivity index (χ1v) is 25.4. The number of rotatable bonds is 20. The van der Waals surface area contributed by atoms with Crippen LogP contribution in [0.25, 0.3) is 12.2 Å². The van der Waals surface area contributed by atoms with E-state index in [4.69, 9.17) is 9.47 Å². The van der Waals surface area contributed by atoms with Crippen LogP contribution in [0.15, 0.2) is 84.9 Å². The molecule has 358 valence electrons. The molecule has 0 heterocycles.